The van der Waals surface area contributed by atoms with E-state index in [-0.39, 0.29) is 11.3 Å². The van der Waals surface area contributed by atoms with Crippen molar-refractivity contribution in [2.45, 2.75) is 45.4 Å². The van der Waals surface area contributed by atoms with E-state index in [0.29, 0.717) is 6.42 Å². The number of anilines is 1. The van der Waals surface area contributed by atoms with Gasteiger partial charge >= 0.3 is 0 Å². The number of amides is 1. The van der Waals surface area contributed by atoms with Gasteiger partial charge in [0.05, 0.1) is 0 Å². The molecule has 1 aromatic heterocycles. The Labute approximate surface area is 116 Å². The van der Waals surface area contributed by atoms with Gasteiger partial charge in [-0.2, -0.15) is 0 Å². The van der Waals surface area contributed by atoms with E-state index in [0.717, 1.165) is 25.1 Å². The fourth-order valence-electron chi connectivity index (χ4n) is 2.60. The summed E-state index contributed by atoms with van der Waals surface area (Å²) >= 11 is 0. The Bertz CT molecular complexity index is 420. The molecule has 2 N–H and O–H groups in total. The van der Waals surface area contributed by atoms with Crippen LogP contribution in [-0.4, -0.2) is 24.5 Å². The molecule has 0 spiro atoms. The lowest BCUT2D eigenvalue weighted by atomic mass is 9.71. The molecule has 4 heteroatoms. The van der Waals surface area contributed by atoms with Gasteiger partial charge in [0, 0.05) is 35.5 Å². The highest BCUT2D eigenvalue weighted by Crippen LogP contribution is 2.41. The minimum atomic E-state index is -0.0606. The van der Waals surface area contributed by atoms with Crippen molar-refractivity contribution < 1.29 is 4.79 Å². The highest BCUT2D eigenvalue weighted by Gasteiger charge is 2.38. The topological polar surface area (TPSA) is 54.0 Å². The van der Waals surface area contributed by atoms with E-state index in [1.165, 1.54) is 5.56 Å². The smallest absolute Gasteiger partial charge is 0.225 e. The summed E-state index contributed by atoms with van der Waals surface area (Å²) in [5.41, 5.74) is 2.04. The quantitative estimate of drug-likeness (QED) is 0.878. The number of nitrogens with zero attached hydrogens (tertiary/aromatic N) is 1. The molecule has 2 heterocycles. The summed E-state index contributed by atoms with van der Waals surface area (Å²) in [6.45, 7) is 7.06. The van der Waals surface area contributed by atoms with Crippen LogP contribution in [0.15, 0.2) is 18.5 Å². The molecule has 2 rings (SSSR count). The molecule has 1 aliphatic rings. The maximum atomic E-state index is 11.8. The van der Waals surface area contributed by atoms with Gasteiger partial charge in [0.2, 0.25) is 5.91 Å². The SMILES string of the molecule is CC.CCC1(CCNC)CC(=O)Nc2ccncc21. The van der Waals surface area contributed by atoms with Crippen LogP contribution in [0.3, 0.4) is 0 Å². The molecule has 0 saturated carbocycles. The van der Waals surface area contributed by atoms with E-state index >= 15 is 0 Å². The Kier molecular flexibility index (Phi) is 5.96. The zero-order chi connectivity index (χ0) is 14.3. The van der Waals surface area contributed by atoms with Crippen molar-refractivity contribution in [3.8, 4) is 0 Å². The van der Waals surface area contributed by atoms with E-state index < -0.39 is 0 Å². The van der Waals surface area contributed by atoms with E-state index in [1.807, 2.05) is 33.2 Å². The number of fused-ring (bicyclic) bond motifs is 1. The van der Waals surface area contributed by atoms with Crippen LogP contribution in [0.5, 0.6) is 0 Å². The normalized spacial score (nSPS) is 20.9. The summed E-state index contributed by atoms with van der Waals surface area (Å²) in [6, 6.07) is 1.89. The number of rotatable bonds is 4. The van der Waals surface area contributed by atoms with Crippen LogP contribution < -0.4 is 10.6 Å². The minimum Gasteiger partial charge on any atom is -0.326 e. The first-order valence-electron chi connectivity index (χ1n) is 7.11. The monoisotopic (exact) mass is 263 g/mol. The van der Waals surface area contributed by atoms with Crippen LogP contribution in [0.1, 0.15) is 45.6 Å². The van der Waals surface area contributed by atoms with Crippen LogP contribution in [0.25, 0.3) is 0 Å². The largest absolute Gasteiger partial charge is 0.326 e. The molecule has 106 valence electrons. The average Bonchev–Trinajstić information content (AvgIpc) is 2.46. The molecule has 4 nitrogen and oxygen atoms in total. The Morgan fingerprint density at radius 2 is 2.21 bits per heavy atom. The van der Waals surface area contributed by atoms with Crippen molar-refractivity contribution in [3.63, 3.8) is 0 Å². The van der Waals surface area contributed by atoms with Gasteiger partial charge in [-0.25, -0.2) is 0 Å². The Balaban J connectivity index is 0.000000861. The zero-order valence-electron chi connectivity index (χ0n) is 12.4. The number of hydrogen-bond donors (Lipinski definition) is 2. The first kappa shape index (κ1) is 15.6. The van der Waals surface area contributed by atoms with Gasteiger partial charge in [-0.3, -0.25) is 9.78 Å². The summed E-state index contributed by atoms with van der Waals surface area (Å²) in [4.78, 5) is 16.0. The fourth-order valence-corrected chi connectivity index (χ4v) is 2.60. The summed E-state index contributed by atoms with van der Waals surface area (Å²) in [5, 5.41) is 6.09. The molecule has 1 unspecified atom stereocenters. The van der Waals surface area contributed by atoms with Crippen molar-refractivity contribution in [2.75, 3.05) is 18.9 Å². The van der Waals surface area contributed by atoms with Crippen molar-refractivity contribution in [2.24, 2.45) is 0 Å². The predicted octanol–water partition coefficient (Wildman–Crippen LogP) is 2.71. The van der Waals surface area contributed by atoms with Crippen LogP contribution >= 0.6 is 0 Å². The third-order valence-corrected chi connectivity index (χ3v) is 3.70. The van der Waals surface area contributed by atoms with Crippen molar-refractivity contribution in [3.05, 3.63) is 24.0 Å². The van der Waals surface area contributed by atoms with Crippen LogP contribution in [0, 0.1) is 0 Å². The van der Waals surface area contributed by atoms with Gasteiger partial charge in [0.15, 0.2) is 0 Å². The van der Waals surface area contributed by atoms with Gasteiger partial charge in [-0.05, 0) is 32.5 Å². The molecule has 0 fully saturated rings. The summed E-state index contributed by atoms with van der Waals surface area (Å²) in [7, 11) is 1.94. The molecule has 1 aromatic rings. The van der Waals surface area contributed by atoms with E-state index in [2.05, 4.69) is 22.5 Å². The first-order chi connectivity index (χ1) is 9.22. The molecule has 1 aliphatic heterocycles. The second kappa shape index (κ2) is 7.24. The molecule has 0 saturated heterocycles. The summed E-state index contributed by atoms with van der Waals surface area (Å²) < 4.78 is 0. The van der Waals surface area contributed by atoms with Crippen LogP contribution in [0.4, 0.5) is 5.69 Å². The lowest BCUT2D eigenvalue weighted by Crippen LogP contribution is -2.39. The predicted molar refractivity (Wildman–Crippen MR) is 79.3 cm³/mol. The maximum Gasteiger partial charge on any atom is 0.225 e. The second-order valence-electron chi connectivity index (χ2n) is 4.63. The number of carbonyl (C=O) groups is 1. The van der Waals surface area contributed by atoms with Crippen LogP contribution in [-0.2, 0) is 10.2 Å². The fraction of sp³-hybridized carbons (Fsp3) is 0.600. The average molecular weight is 263 g/mol. The third kappa shape index (κ3) is 3.32. The lowest BCUT2D eigenvalue weighted by Gasteiger charge is -2.37. The molecular formula is C15H25N3O. The molecule has 0 radical (unpaired) electrons. The summed E-state index contributed by atoms with van der Waals surface area (Å²) in [6.07, 6.45) is 6.10. The molecule has 1 amide bonds. The van der Waals surface area contributed by atoms with E-state index in [9.17, 15) is 4.79 Å². The van der Waals surface area contributed by atoms with Gasteiger partial charge in [-0.15, -0.1) is 0 Å². The Morgan fingerprint density at radius 3 is 2.84 bits per heavy atom. The molecule has 0 aliphatic carbocycles. The molecule has 19 heavy (non-hydrogen) atoms. The number of nitrogens with one attached hydrogen (secondary N) is 2. The number of aromatic nitrogens is 1. The minimum absolute atomic E-state index is 0.0606. The molecule has 1 atom stereocenters. The van der Waals surface area contributed by atoms with E-state index in [4.69, 9.17) is 0 Å². The Hall–Kier alpha value is -1.42. The van der Waals surface area contributed by atoms with Crippen molar-refractivity contribution >= 4 is 11.6 Å². The highest BCUT2D eigenvalue weighted by molar-refractivity contribution is 5.95. The standard InChI is InChI=1S/C13H19N3O.C2H6/c1-3-13(5-7-14-2)8-12(17)16-11-4-6-15-9-10(11)13;1-2/h4,6,9,14H,3,5,7-8H2,1-2H3,(H,16,17);1-2H3. The third-order valence-electron chi connectivity index (χ3n) is 3.70. The zero-order valence-corrected chi connectivity index (χ0v) is 12.4. The van der Waals surface area contributed by atoms with Gasteiger partial charge in [0.1, 0.15) is 0 Å². The molecule has 0 aromatic carbocycles. The second-order valence-corrected chi connectivity index (χ2v) is 4.63. The first-order valence-corrected chi connectivity index (χ1v) is 7.11. The van der Waals surface area contributed by atoms with Crippen LogP contribution in [0.2, 0.25) is 0 Å². The van der Waals surface area contributed by atoms with Crippen molar-refractivity contribution in [1.29, 1.82) is 0 Å². The number of pyridine rings is 1. The highest BCUT2D eigenvalue weighted by atomic mass is 16.1. The van der Waals surface area contributed by atoms with E-state index in [1.54, 1.807) is 6.20 Å². The van der Waals surface area contributed by atoms with Gasteiger partial charge < -0.3 is 10.6 Å². The molecular weight excluding hydrogens is 238 g/mol. The molecule has 0 bridgehead atoms. The summed E-state index contributed by atoms with van der Waals surface area (Å²) in [5.74, 6) is 0.113. The lowest BCUT2D eigenvalue weighted by molar-refractivity contribution is -0.118. The van der Waals surface area contributed by atoms with Gasteiger partial charge in [-0.1, -0.05) is 20.8 Å². The maximum absolute atomic E-state index is 11.8. The number of carbonyl (C=O) groups excluding carboxylic acids is 1. The number of hydrogen-bond acceptors (Lipinski definition) is 3. The van der Waals surface area contributed by atoms with Gasteiger partial charge in [0.25, 0.3) is 0 Å². The Morgan fingerprint density at radius 1 is 1.47 bits per heavy atom. The van der Waals surface area contributed by atoms with Crippen molar-refractivity contribution in [1.82, 2.24) is 10.3 Å².